The average molecular weight is 817 g/mol. The number of allylic oxidation sites excluding steroid dienone is 6. The van der Waals surface area contributed by atoms with Crippen LogP contribution in [0.5, 0.6) is 0 Å². The van der Waals surface area contributed by atoms with Crippen LogP contribution in [0.3, 0.4) is 0 Å². The normalized spacial score (nSPS) is 28.9. The van der Waals surface area contributed by atoms with Gasteiger partial charge in [0, 0.05) is 13.0 Å². The lowest BCUT2D eigenvalue weighted by Crippen LogP contribution is -2.61. The third-order valence-corrected chi connectivity index (χ3v) is 10.2. The number of ether oxygens (including phenoxy) is 6. The molecule has 2 saturated heterocycles. The van der Waals surface area contributed by atoms with E-state index in [1.165, 1.54) is 32.1 Å². The second kappa shape index (κ2) is 32.0. The Hall–Kier alpha value is -1.79. The molecule has 332 valence electrons. The first-order valence-electron chi connectivity index (χ1n) is 21.6. The molecule has 0 spiro atoms. The van der Waals surface area contributed by atoms with Crippen molar-refractivity contribution in [1.82, 2.24) is 0 Å². The van der Waals surface area contributed by atoms with Gasteiger partial charge in [-0.05, 0) is 44.9 Å². The van der Waals surface area contributed by atoms with Crippen molar-refractivity contribution in [3.63, 3.8) is 0 Å². The van der Waals surface area contributed by atoms with Gasteiger partial charge in [-0.15, -0.1) is 0 Å². The fourth-order valence-corrected chi connectivity index (χ4v) is 6.59. The fourth-order valence-electron chi connectivity index (χ4n) is 6.59. The number of carbonyl (C=O) groups is 1. The van der Waals surface area contributed by atoms with Crippen molar-refractivity contribution in [2.75, 3.05) is 33.0 Å². The van der Waals surface area contributed by atoms with E-state index in [9.17, 15) is 40.5 Å². The van der Waals surface area contributed by atoms with Gasteiger partial charge in [-0.1, -0.05) is 115 Å². The SMILES string of the molecule is CC/C=C\C/C=C\C/C=C\CCCCCCOCC(COC1OC(COC2OC(CO)C(O)C(O)C2O)C(O)C(O)C1O)OC(=O)CCCCCCCCCCC. The highest BCUT2D eigenvalue weighted by molar-refractivity contribution is 5.69. The summed E-state index contributed by atoms with van der Waals surface area (Å²) in [5, 5.41) is 71.7. The number of rotatable bonds is 32. The number of hydrogen-bond donors (Lipinski definition) is 7. The minimum absolute atomic E-state index is 0.0473. The summed E-state index contributed by atoms with van der Waals surface area (Å²) in [6.07, 6.45) is 15.2. The maximum Gasteiger partial charge on any atom is 0.306 e. The van der Waals surface area contributed by atoms with E-state index in [-0.39, 0.29) is 19.6 Å². The minimum Gasteiger partial charge on any atom is -0.457 e. The van der Waals surface area contributed by atoms with E-state index in [2.05, 4.69) is 50.3 Å². The first kappa shape index (κ1) is 51.4. The molecular formula is C43H76O14. The number of esters is 1. The molecule has 2 aliphatic heterocycles. The van der Waals surface area contributed by atoms with E-state index in [4.69, 9.17) is 28.4 Å². The van der Waals surface area contributed by atoms with Crippen molar-refractivity contribution in [3.05, 3.63) is 36.5 Å². The molecule has 2 aliphatic rings. The van der Waals surface area contributed by atoms with Gasteiger partial charge >= 0.3 is 5.97 Å². The summed E-state index contributed by atoms with van der Waals surface area (Å²) in [6, 6.07) is 0. The van der Waals surface area contributed by atoms with E-state index >= 15 is 0 Å². The van der Waals surface area contributed by atoms with Gasteiger partial charge in [0.25, 0.3) is 0 Å². The van der Waals surface area contributed by atoms with Gasteiger partial charge in [0.1, 0.15) is 54.9 Å². The Morgan fingerprint density at radius 3 is 1.79 bits per heavy atom. The van der Waals surface area contributed by atoms with Gasteiger partial charge < -0.3 is 64.2 Å². The number of aliphatic hydroxyl groups excluding tert-OH is 7. The molecule has 0 aromatic carbocycles. The number of hydrogen-bond acceptors (Lipinski definition) is 14. The molecule has 7 N–H and O–H groups in total. The highest BCUT2D eigenvalue weighted by atomic mass is 16.7. The minimum atomic E-state index is -1.71. The molecule has 2 fully saturated rings. The highest BCUT2D eigenvalue weighted by Gasteiger charge is 2.47. The molecule has 0 aliphatic carbocycles. The zero-order valence-corrected chi connectivity index (χ0v) is 34.6. The Bertz CT molecular complexity index is 1090. The van der Waals surface area contributed by atoms with Crippen LogP contribution < -0.4 is 0 Å². The Morgan fingerprint density at radius 1 is 0.596 bits per heavy atom. The second-order valence-electron chi connectivity index (χ2n) is 15.1. The topological polar surface area (TPSA) is 214 Å². The van der Waals surface area contributed by atoms with E-state index in [1.807, 2.05) is 0 Å². The molecular weight excluding hydrogens is 740 g/mol. The molecule has 14 nitrogen and oxygen atoms in total. The third-order valence-electron chi connectivity index (χ3n) is 10.2. The molecule has 2 rings (SSSR count). The summed E-state index contributed by atoms with van der Waals surface area (Å²) >= 11 is 0. The zero-order chi connectivity index (χ0) is 41.7. The molecule has 57 heavy (non-hydrogen) atoms. The summed E-state index contributed by atoms with van der Waals surface area (Å²) in [5.41, 5.74) is 0. The first-order chi connectivity index (χ1) is 27.6. The van der Waals surface area contributed by atoms with Crippen LogP contribution in [0.25, 0.3) is 0 Å². The predicted molar refractivity (Wildman–Crippen MR) is 215 cm³/mol. The summed E-state index contributed by atoms with van der Waals surface area (Å²) in [7, 11) is 0. The van der Waals surface area contributed by atoms with E-state index in [0.717, 1.165) is 70.6 Å². The number of aliphatic hydroxyl groups is 7. The maximum atomic E-state index is 12.8. The fraction of sp³-hybridized carbons (Fsp3) is 0.837. The van der Waals surface area contributed by atoms with Crippen molar-refractivity contribution in [2.24, 2.45) is 0 Å². The van der Waals surface area contributed by atoms with Crippen LogP contribution in [0, 0.1) is 0 Å². The summed E-state index contributed by atoms with van der Waals surface area (Å²) in [4.78, 5) is 12.8. The smallest absolute Gasteiger partial charge is 0.306 e. The molecule has 14 heteroatoms. The molecule has 0 radical (unpaired) electrons. The molecule has 0 bridgehead atoms. The molecule has 0 aromatic rings. The summed E-state index contributed by atoms with van der Waals surface area (Å²) < 4.78 is 34.0. The average Bonchev–Trinajstić information content (AvgIpc) is 3.20. The Labute approximate surface area is 340 Å². The lowest BCUT2D eigenvalue weighted by molar-refractivity contribution is -0.332. The number of unbranched alkanes of at least 4 members (excludes halogenated alkanes) is 12. The standard InChI is InChI=1S/C43H76O14/c1-3-5-7-9-11-13-14-15-16-17-19-21-23-25-27-52-29-32(55-35(45)26-24-22-20-18-12-10-8-6-4-2)30-53-42-41(51)39(49)37(47)34(57-42)31-54-43-40(50)38(48)36(46)33(28-44)56-43/h5,7,11,13,15-16,32-34,36-44,46-51H,3-4,6,8-10,12,14,17-31H2,1-2H3/b7-5-,13-11-,16-15-. The second-order valence-corrected chi connectivity index (χ2v) is 15.1. The largest absolute Gasteiger partial charge is 0.457 e. The lowest BCUT2D eigenvalue weighted by atomic mass is 9.98. The van der Waals surface area contributed by atoms with Gasteiger partial charge in [0.05, 0.1) is 26.4 Å². The first-order valence-corrected chi connectivity index (χ1v) is 21.6. The monoisotopic (exact) mass is 817 g/mol. The molecule has 2 heterocycles. The molecule has 0 aromatic heterocycles. The van der Waals surface area contributed by atoms with E-state index in [0.29, 0.717) is 13.0 Å². The zero-order valence-electron chi connectivity index (χ0n) is 34.6. The van der Waals surface area contributed by atoms with Crippen molar-refractivity contribution in [1.29, 1.82) is 0 Å². The van der Waals surface area contributed by atoms with Crippen LogP contribution in [0.1, 0.15) is 129 Å². The molecule has 0 amide bonds. The van der Waals surface area contributed by atoms with Crippen molar-refractivity contribution < 1.29 is 69.0 Å². The van der Waals surface area contributed by atoms with Crippen LogP contribution in [0.2, 0.25) is 0 Å². The predicted octanol–water partition coefficient (Wildman–Crippen LogP) is 4.29. The van der Waals surface area contributed by atoms with E-state index < -0.39 is 86.7 Å². The summed E-state index contributed by atoms with van der Waals surface area (Å²) in [5.74, 6) is -0.390. The highest BCUT2D eigenvalue weighted by Crippen LogP contribution is 2.26. The van der Waals surface area contributed by atoms with Crippen molar-refractivity contribution in [2.45, 2.75) is 197 Å². The molecule has 11 unspecified atom stereocenters. The number of carbonyl (C=O) groups excluding carboxylic acids is 1. The molecule has 0 saturated carbocycles. The molecule has 11 atom stereocenters. The Morgan fingerprint density at radius 2 is 1.14 bits per heavy atom. The Balaban J connectivity index is 1.84. The van der Waals surface area contributed by atoms with Crippen LogP contribution >= 0.6 is 0 Å². The van der Waals surface area contributed by atoms with Gasteiger partial charge in [-0.25, -0.2) is 0 Å². The van der Waals surface area contributed by atoms with Gasteiger partial charge in [0.15, 0.2) is 12.6 Å². The quantitative estimate of drug-likeness (QED) is 0.0287. The van der Waals surface area contributed by atoms with Gasteiger partial charge in [-0.3, -0.25) is 4.79 Å². The van der Waals surface area contributed by atoms with Crippen LogP contribution in [0.15, 0.2) is 36.5 Å². The van der Waals surface area contributed by atoms with Crippen LogP contribution in [0.4, 0.5) is 0 Å². The lowest BCUT2D eigenvalue weighted by Gasteiger charge is -2.42. The van der Waals surface area contributed by atoms with E-state index in [1.54, 1.807) is 0 Å². The Kier molecular flexibility index (Phi) is 28.9. The third kappa shape index (κ3) is 21.3. The van der Waals surface area contributed by atoms with Crippen LogP contribution in [-0.2, 0) is 33.2 Å². The van der Waals surface area contributed by atoms with Crippen LogP contribution in [-0.4, -0.2) is 142 Å². The maximum absolute atomic E-state index is 12.8. The van der Waals surface area contributed by atoms with Gasteiger partial charge in [0.2, 0.25) is 0 Å². The van der Waals surface area contributed by atoms with Crippen molar-refractivity contribution in [3.8, 4) is 0 Å². The van der Waals surface area contributed by atoms with Crippen molar-refractivity contribution >= 4 is 5.97 Å². The summed E-state index contributed by atoms with van der Waals surface area (Å²) in [6.45, 7) is 3.46. The van der Waals surface area contributed by atoms with Gasteiger partial charge in [-0.2, -0.15) is 0 Å².